The highest BCUT2D eigenvalue weighted by Crippen LogP contribution is 2.46. The minimum absolute atomic E-state index is 0.140. The lowest BCUT2D eigenvalue weighted by molar-refractivity contribution is -0.136. The standard InChI is InChI=1S/C25H34N4O3/c30-23(31)11-12-26-16-17-7-10-22-20(14-17)6-3-13-29(22)25-27-24(32-28-25)21-9-8-18-4-1-2-5-19(18)15-21/h7,10,14,18-19,21,26H,1-6,8-9,11-13,15-16H2,(H,30,31). The van der Waals surface area contributed by atoms with Gasteiger partial charge in [-0.25, -0.2) is 0 Å². The first kappa shape index (κ1) is 21.4. The molecule has 5 rings (SSSR count). The summed E-state index contributed by atoms with van der Waals surface area (Å²) in [5.74, 6) is 2.93. The summed E-state index contributed by atoms with van der Waals surface area (Å²) in [4.78, 5) is 17.7. The van der Waals surface area contributed by atoms with Gasteiger partial charge in [-0.2, -0.15) is 4.98 Å². The largest absolute Gasteiger partial charge is 0.481 e. The number of hydrogen-bond acceptors (Lipinski definition) is 6. The van der Waals surface area contributed by atoms with Crippen LogP contribution >= 0.6 is 0 Å². The number of nitrogens with one attached hydrogen (secondary N) is 1. The highest BCUT2D eigenvalue weighted by Gasteiger charge is 2.35. The highest BCUT2D eigenvalue weighted by atomic mass is 16.5. The van der Waals surface area contributed by atoms with E-state index in [2.05, 4.69) is 33.6 Å². The Labute approximate surface area is 189 Å². The highest BCUT2D eigenvalue weighted by molar-refractivity contribution is 5.67. The predicted molar refractivity (Wildman–Crippen MR) is 122 cm³/mol. The molecule has 0 bridgehead atoms. The normalized spacial score (nSPS) is 25.2. The van der Waals surface area contributed by atoms with E-state index in [9.17, 15) is 4.79 Å². The molecule has 3 aliphatic rings. The van der Waals surface area contributed by atoms with E-state index < -0.39 is 5.97 Å². The second-order valence-corrected chi connectivity index (χ2v) is 9.79. The molecule has 2 aliphatic carbocycles. The quantitative estimate of drug-likeness (QED) is 0.600. The zero-order valence-corrected chi connectivity index (χ0v) is 18.8. The van der Waals surface area contributed by atoms with E-state index >= 15 is 0 Å². The van der Waals surface area contributed by atoms with Gasteiger partial charge in [0, 0.05) is 31.2 Å². The van der Waals surface area contributed by atoms with Gasteiger partial charge in [0.05, 0.1) is 6.42 Å². The molecule has 2 saturated carbocycles. The second-order valence-electron chi connectivity index (χ2n) is 9.79. The molecule has 7 nitrogen and oxygen atoms in total. The van der Waals surface area contributed by atoms with Crippen molar-refractivity contribution in [3.63, 3.8) is 0 Å². The number of fused-ring (bicyclic) bond motifs is 2. The molecule has 7 heteroatoms. The van der Waals surface area contributed by atoms with Gasteiger partial charge in [0.1, 0.15) is 0 Å². The number of rotatable bonds is 7. The van der Waals surface area contributed by atoms with Crippen LogP contribution in [-0.2, 0) is 17.8 Å². The maximum atomic E-state index is 10.7. The summed E-state index contributed by atoms with van der Waals surface area (Å²) in [6.07, 6.45) is 11.5. The maximum absolute atomic E-state index is 10.7. The number of anilines is 2. The topological polar surface area (TPSA) is 91.5 Å². The summed E-state index contributed by atoms with van der Waals surface area (Å²) < 4.78 is 5.80. The van der Waals surface area contributed by atoms with Crippen LogP contribution in [0, 0.1) is 11.8 Å². The molecule has 2 aromatic rings. The second kappa shape index (κ2) is 9.61. The van der Waals surface area contributed by atoms with Gasteiger partial charge in [-0.3, -0.25) is 4.79 Å². The smallest absolute Gasteiger partial charge is 0.304 e. The van der Waals surface area contributed by atoms with Gasteiger partial charge >= 0.3 is 5.97 Å². The average molecular weight is 439 g/mol. The lowest BCUT2D eigenvalue weighted by Gasteiger charge is -2.38. The Balaban J connectivity index is 1.25. The molecule has 3 atom stereocenters. The number of carbonyl (C=O) groups is 1. The molecule has 0 saturated heterocycles. The van der Waals surface area contributed by atoms with Crippen LogP contribution in [-0.4, -0.2) is 34.3 Å². The van der Waals surface area contributed by atoms with Gasteiger partial charge in [-0.15, -0.1) is 0 Å². The first-order valence-electron chi connectivity index (χ1n) is 12.3. The molecule has 2 N–H and O–H groups in total. The van der Waals surface area contributed by atoms with Crippen molar-refractivity contribution in [3.05, 3.63) is 35.2 Å². The van der Waals surface area contributed by atoms with Crippen LogP contribution in [0.5, 0.6) is 0 Å². The van der Waals surface area contributed by atoms with Gasteiger partial charge in [0.25, 0.3) is 5.95 Å². The van der Waals surface area contributed by atoms with Gasteiger partial charge in [-0.05, 0) is 66.3 Å². The van der Waals surface area contributed by atoms with Crippen LogP contribution in [0.3, 0.4) is 0 Å². The van der Waals surface area contributed by atoms with E-state index in [-0.39, 0.29) is 6.42 Å². The maximum Gasteiger partial charge on any atom is 0.304 e. The number of benzene rings is 1. The molecular weight excluding hydrogens is 404 g/mol. The summed E-state index contributed by atoms with van der Waals surface area (Å²) in [6, 6.07) is 6.48. The number of carboxylic acid groups (broad SMARTS) is 1. The molecule has 0 radical (unpaired) electrons. The number of nitrogens with zero attached hydrogens (tertiary/aromatic N) is 3. The Morgan fingerprint density at radius 1 is 1.16 bits per heavy atom. The third-order valence-corrected chi connectivity index (χ3v) is 7.67. The molecule has 0 amide bonds. The molecular formula is C25H34N4O3. The summed E-state index contributed by atoms with van der Waals surface area (Å²) in [5, 5.41) is 16.4. The van der Waals surface area contributed by atoms with Crippen LogP contribution in [0.15, 0.2) is 22.7 Å². The van der Waals surface area contributed by atoms with Crippen molar-refractivity contribution in [2.75, 3.05) is 18.0 Å². The van der Waals surface area contributed by atoms with Crippen molar-refractivity contribution < 1.29 is 14.4 Å². The third kappa shape index (κ3) is 4.68. The molecule has 32 heavy (non-hydrogen) atoms. The molecule has 2 fully saturated rings. The van der Waals surface area contributed by atoms with E-state index in [4.69, 9.17) is 14.6 Å². The summed E-state index contributed by atoms with van der Waals surface area (Å²) in [5.41, 5.74) is 3.63. The number of carboxylic acids is 1. The Bertz CT molecular complexity index is 943. The number of aryl methyl sites for hydroxylation is 1. The molecule has 2 heterocycles. The van der Waals surface area contributed by atoms with Gasteiger partial charge in [0.15, 0.2) is 0 Å². The lowest BCUT2D eigenvalue weighted by atomic mass is 9.67. The van der Waals surface area contributed by atoms with Crippen molar-refractivity contribution in [3.8, 4) is 0 Å². The summed E-state index contributed by atoms with van der Waals surface area (Å²) >= 11 is 0. The SMILES string of the molecule is O=C(O)CCNCc1ccc2c(c1)CCCN2c1noc(C2CCC3CCCCC3C2)n1. The van der Waals surface area contributed by atoms with E-state index in [0.29, 0.717) is 25.0 Å². The minimum atomic E-state index is -0.773. The van der Waals surface area contributed by atoms with E-state index in [1.165, 1.54) is 56.1 Å². The minimum Gasteiger partial charge on any atom is -0.481 e. The monoisotopic (exact) mass is 438 g/mol. The average Bonchev–Trinajstić information content (AvgIpc) is 3.31. The molecule has 1 aliphatic heterocycles. The summed E-state index contributed by atoms with van der Waals surface area (Å²) in [6.45, 7) is 2.06. The number of hydrogen-bond donors (Lipinski definition) is 2. The summed E-state index contributed by atoms with van der Waals surface area (Å²) in [7, 11) is 0. The van der Waals surface area contributed by atoms with Crippen LogP contribution in [0.25, 0.3) is 0 Å². The van der Waals surface area contributed by atoms with Gasteiger partial charge < -0.3 is 19.8 Å². The molecule has 0 spiro atoms. The van der Waals surface area contributed by atoms with E-state index in [0.717, 1.165) is 42.8 Å². The van der Waals surface area contributed by atoms with Crippen molar-refractivity contribution >= 4 is 17.6 Å². The van der Waals surface area contributed by atoms with Crippen LogP contribution in [0.2, 0.25) is 0 Å². The lowest BCUT2D eigenvalue weighted by Crippen LogP contribution is -2.27. The fourth-order valence-corrected chi connectivity index (χ4v) is 6.00. The Kier molecular flexibility index (Phi) is 6.44. The Morgan fingerprint density at radius 3 is 2.91 bits per heavy atom. The molecule has 1 aromatic carbocycles. The van der Waals surface area contributed by atoms with Crippen molar-refractivity contribution in [2.45, 2.75) is 76.7 Å². The fourth-order valence-electron chi connectivity index (χ4n) is 6.00. The molecule has 3 unspecified atom stereocenters. The van der Waals surface area contributed by atoms with E-state index in [1.807, 2.05) is 0 Å². The van der Waals surface area contributed by atoms with Gasteiger partial charge in [0.2, 0.25) is 5.89 Å². The van der Waals surface area contributed by atoms with Crippen molar-refractivity contribution in [1.82, 2.24) is 15.5 Å². The third-order valence-electron chi connectivity index (χ3n) is 7.67. The molecule has 172 valence electrons. The zero-order chi connectivity index (χ0) is 21.9. The fraction of sp³-hybridized carbons (Fsp3) is 0.640. The molecule has 1 aromatic heterocycles. The predicted octanol–water partition coefficient (Wildman–Crippen LogP) is 4.79. The van der Waals surface area contributed by atoms with Crippen LogP contribution < -0.4 is 10.2 Å². The van der Waals surface area contributed by atoms with Gasteiger partial charge in [-0.1, -0.05) is 37.8 Å². The van der Waals surface area contributed by atoms with Crippen molar-refractivity contribution in [2.24, 2.45) is 11.8 Å². The zero-order valence-electron chi connectivity index (χ0n) is 18.8. The Hall–Kier alpha value is -2.41. The van der Waals surface area contributed by atoms with Crippen LogP contribution in [0.1, 0.15) is 80.7 Å². The van der Waals surface area contributed by atoms with Crippen molar-refractivity contribution in [1.29, 1.82) is 0 Å². The first-order valence-corrected chi connectivity index (χ1v) is 12.3. The number of aliphatic carboxylic acids is 1. The van der Waals surface area contributed by atoms with Crippen LogP contribution in [0.4, 0.5) is 11.6 Å². The number of aromatic nitrogens is 2. The van der Waals surface area contributed by atoms with E-state index in [1.54, 1.807) is 0 Å². The Morgan fingerprint density at radius 2 is 2.03 bits per heavy atom. The first-order chi connectivity index (χ1) is 15.7.